The number of nitrogens with zero attached hydrogens (tertiary/aromatic N) is 1. The van der Waals surface area contributed by atoms with Crippen molar-refractivity contribution in [2.75, 3.05) is 13.7 Å². The minimum absolute atomic E-state index is 0.173. The molecule has 1 saturated carbocycles. The van der Waals surface area contributed by atoms with Gasteiger partial charge in [0.15, 0.2) is 0 Å². The lowest BCUT2D eigenvalue weighted by atomic mass is 9.79. The Labute approximate surface area is 111 Å². The van der Waals surface area contributed by atoms with E-state index in [1.165, 1.54) is 13.1 Å². The molecular weight excluding hydrogens is 248 g/mol. The minimum Gasteiger partial charge on any atom is -0.463 e. The molecule has 0 unspecified atom stereocenters. The Morgan fingerprint density at radius 2 is 2.05 bits per heavy atom. The van der Waals surface area contributed by atoms with E-state index in [4.69, 9.17) is 4.74 Å². The molecule has 0 bridgehead atoms. The number of likely N-dealkylation sites (N-methyl/N-ethyl adjacent to an activating group) is 1. The lowest BCUT2D eigenvalue weighted by molar-refractivity contribution is -0.137. The van der Waals surface area contributed by atoms with Gasteiger partial charge in [-0.3, -0.25) is 9.69 Å². The fourth-order valence-electron chi connectivity index (χ4n) is 2.59. The molecule has 1 heterocycles. The van der Waals surface area contributed by atoms with Gasteiger partial charge >= 0.3 is 12.0 Å². The van der Waals surface area contributed by atoms with Gasteiger partial charge in [-0.1, -0.05) is 5.57 Å². The fraction of sp³-hybridized carbons (Fsp3) is 0.615. The van der Waals surface area contributed by atoms with Gasteiger partial charge < -0.3 is 10.1 Å². The molecule has 0 radical (unpaired) electrons. The molecule has 0 atom stereocenters. The molecule has 1 aliphatic carbocycles. The summed E-state index contributed by atoms with van der Waals surface area (Å²) in [5.74, 6) is -0.514. The van der Waals surface area contributed by atoms with Gasteiger partial charge in [-0.25, -0.2) is 9.59 Å². The lowest BCUT2D eigenvalue weighted by Crippen LogP contribution is -2.48. The van der Waals surface area contributed by atoms with Crippen molar-refractivity contribution < 1.29 is 19.1 Å². The average molecular weight is 266 g/mol. The first-order valence-corrected chi connectivity index (χ1v) is 6.45. The van der Waals surface area contributed by atoms with Gasteiger partial charge in [0, 0.05) is 13.1 Å². The number of esters is 1. The number of amides is 3. The molecule has 2 rings (SSSR count). The monoisotopic (exact) mass is 266 g/mol. The summed E-state index contributed by atoms with van der Waals surface area (Å²) in [6.45, 7) is 2.11. The Morgan fingerprint density at radius 1 is 1.42 bits per heavy atom. The second kappa shape index (κ2) is 5.03. The van der Waals surface area contributed by atoms with Crippen molar-refractivity contribution in [1.29, 1.82) is 0 Å². The number of hydrogen-bond acceptors (Lipinski definition) is 4. The Bertz CT molecular complexity index is 446. The first-order valence-electron chi connectivity index (χ1n) is 6.45. The molecule has 3 amide bonds. The summed E-state index contributed by atoms with van der Waals surface area (Å²) < 4.78 is 4.86. The highest BCUT2D eigenvalue weighted by Crippen LogP contribution is 2.35. The number of hydrogen-bond donors (Lipinski definition) is 1. The van der Waals surface area contributed by atoms with Crippen LogP contribution in [0.25, 0.3) is 0 Å². The van der Waals surface area contributed by atoms with Gasteiger partial charge in [-0.2, -0.15) is 0 Å². The number of nitrogens with one attached hydrogen (secondary N) is 1. The van der Waals surface area contributed by atoms with E-state index in [-0.39, 0.29) is 17.9 Å². The van der Waals surface area contributed by atoms with Crippen LogP contribution in [0.2, 0.25) is 0 Å². The van der Waals surface area contributed by atoms with Gasteiger partial charge in [0.2, 0.25) is 0 Å². The van der Waals surface area contributed by atoms with Crippen LogP contribution in [0.5, 0.6) is 0 Å². The number of imide groups is 1. The quantitative estimate of drug-likeness (QED) is 0.459. The zero-order valence-electron chi connectivity index (χ0n) is 11.2. The van der Waals surface area contributed by atoms with E-state index in [9.17, 15) is 14.4 Å². The summed E-state index contributed by atoms with van der Waals surface area (Å²) in [5.41, 5.74) is 0.207. The maximum absolute atomic E-state index is 12.1. The van der Waals surface area contributed by atoms with E-state index in [1.807, 2.05) is 0 Å². The van der Waals surface area contributed by atoms with Gasteiger partial charge in [0.25, 0.3) is 5.91 Å². The normalized spacial score (nSPS) is 26.6. The van der Waals surface area contributed by atoms with Gasteiger partial charge in [-0.15, -0.1) is 0 Å². The molecule has 0 aromatic heterocycles. The van der Waals surface area contributed by atoms with Crippen LogP contribution in [0.1, 0.15) is 32.6 Å². The second-order valence-corrected chi connectivity index (χ2v) is 4.93. The number of urea groups is 1. The molecule has 6 nitrogen and oxygen atoms in total. The number of allylic oxidation sites excluding steroid dienone is 1. The third kappa shape index (κ3) is 2.47. The van der Waals surface area contributed by atoms with Crippen molar-refractivity contribution in [2.24, 2.45) is 0 Å². The fourth-order valence-corrected chi connectivity index (χ4v) is 2.59. The topological polar surface area (TPSA) is 75.7 Å². The molecule has 6 heteroatoms. The summed E-state index contributed by atoms with van der Waals surface area (Å²) in [6, 6.07) is -0.345. The standard InChI is InChI=1S/C13H18N2O4/c1-3-19-10(16)8-9-4-6-13(7-5-9)11(17)15(2)12(18)14-13/h8H,3-7H2,1-2H3,(H,14,18). The van der Waals surface area contributed by atoms with Crippen LogP contribution in [0.15, 0.2) is 11.6 Å². The third-order valence-corrected chi connectivity index (χ3v) is 3.72. The highest BCUT2D eigenvalue weighted by molar-refractivity contribution is 6.06. The highest BCUT2D eigenvalue weighted by atomic mass is 16.5. The van der Waals surface area contributed by atoms with Crippen LogP contribution in [0.4, 0.5) is 4.79 Å². The Balaban J connectivity index is 2.02. The SMILES string of the molecule is CCOC(=O)C=C1CCC2(CC1)NC(=O)N(C)C2=O. The molecule has 1 saturated heterocycles. The molecular formula is C13H18N2O4. The summed E-state index contributed by atoms with van der Waals surface area (Å²) in [5, 5.41) is 2.76. The zero-order valence-corrected chi connectivity index (χ0v) is 11.2. The summed E-state index contributed by atoms with van der Waals surface area (Å²) in [4.78, 5) is 36.0. The minimum atomic E-state index is -0.766. The van der Waals surface area contributed by atoms with Crippen LogP contribution in [0, 0.1) is 0 Å². The van der Waals surface area contributed by atoms with Crippen LogP contribution >= 0.6 is 0 Å². The second-order valence-electron chi connectivity index (χ2n) is 4.93. The third-order valence-electron chi connectivity index (χ3n) is 3.72. The molecule has 0 aromatic carbocycles. The van der Waals surface area contributed by atoms with Gasteiger partial charge in [0.1, 0.15) is 5.54 Å². The Hall–Kier alpha value is -1.85. The van der Waals surface area contributed by atoms with E-state index in [2.05, 4.69) is 5.32 Å². The predicted octanol–water partition coefficient (Wildman–Crippen LogP) is 0.970. The van der Waals surface area contributed by atoms with Gasteiger partial charge in [0.05, 0.1) is 6.61 Å². The number of carbonyl (C=O) groups excluding carboxylic acids is 3. The summed E-state index contributed by atoms with van der Waals surface area (Å²) in [7, 11) is 1.48. The summed E-state index contributed by atoms with van der Waals surface area (Å²) in [6.07, 6.45) is 3.82. The molecule has 2 aliphatic rings. The van der Waals surface area contributed by atoms with Crippen LogP contribution < -0.4 is 5.32 Å². The molecule has 2 fully saturated rings. The molecule has 0 aromatic rings. The molecule has 104 valence electrons. The van der Waals surface area contributed by atoms with E-state index in [0.29, 0.717) is 32.3 Å². The molecule has 1 aliphatic heterocycles. The maximum atomic E-state index is 12.1. The smallest absolute Gasteiger partial charge is 0.330 e. The van der Waals surface area contributed by atoms with Crippen LogP contribution in [0.3, 0.4) is 0 Å². The zero-order chi connectivity index (χ0) is 14.0. The molecule has 19 heavy (non-hydrogen) atoms. The van der Waals surface area contributed by atoms with Crippen molar-refractivity contribution in [3.05, 3.63) is 11.6 Å². The van der Waals surface area contributed by atoms with Crippen molar-refractivity contribution >= 4 is 17.9 Å². The number of carbonyl (C=O) groups is 3. The Kier molecular flexibility index (Phi) is 3.59. The predicted molar refractivity (Wildman–Crippen MR) is 67.2 cm³/mol. The van der Waals surface area contributed by atoms with E-state index < -0.39 is 5.54 Å². The number of rotatable bonds is 2. The highest BCUT2D eigenvalue weighted by Gasteiger charge is 2.50. The van der Waals surface area contributed by atoms with Gasteiger partial charge in [-0.05, 0) is 32.6 Å². The number of ether oxygens (including phenoxy) is 1. The maximum Gasteiger partial charge on any atom is 0.330 e. The first kappa shape index (κ1) is 13.6. The van der Waals surface area contributed by atoms with Crippen molar-refractivity contribution in [3.8, 4) is 0 Å². The molecule has 1 spiro atoms. The van der Waals surface area contributed by atoms with Crippen LogP contribution in [-0.2, 0) is 14.3 Å². The van der Waals surface area contributed by atoms with Crippen molar-refractivity contribution in [2.45, 2.75) is 38.1 Å². The summed E-state index contributed by atoms with van der Waals surface area (Å²) >= 11 is 0. The lowest BCUT2D eigenvalue weighted by Gasteiger charge is -2.31. The van der Waals surface area contributed by atoms with E-state index in [1.54, 1.807) is 6.92 Å². The van der Waals surface area contributed by atoms with E-state index in [0.717, 1.165) is 10.5 Å². The largest absolute Gasteiger partial charge is 0.463 e. The average Bonchev–Trinajstić information content (AvgIpc) is 2.58. The Morgan fingerprint density at radius 3 is 2.53 bits per heavy atom. The first-order chi connectivity index (χ1) is 8.98. The van der Waals surface area contributed by atoms with Crippen molar-refractivity contribution in [1.82, 2.24) is 10.2 Å². The van der Waals surface area contributed by atoms with E-state index >= 15 is 0 Å². The molecule has 1 N–H and O–H groups in total. The van der Waals surface area contributed by atoms with Crippen molar-refractivity contribution in [3.63, 3.8) is 0 Å². The van der Waals surface area contributed by atoms with Crippen LogP contribution in [-0.4, -0.2) is 42.0 Å².